The molecule has 4 heteroatoms. The van der Waals surface area contributed by atoms with E-state index in [-0.39, 0.29) is 0 Å². The summed E-state index contributed by atoms with van der Waals surface area (Å²) in [5, 5.41) is 19.9. The van der Waals surface area contributed by atoms with E-state index in [4.69, 9.17) is 5.26 Å². The van der Waals surface area contributed by atoms with Gasteiger partial charge in [0.2, 0.25) is 0 Å². The van der Waals surface area contributed by atoms with Gasteiger partial charge in [0.1, 0.15) is 11.9 Å². The van der Waals surface area contributed by atoms with Crippen molar-refractivity contribution in [3.63, 3.8) is 0 Å². The second-order valence-electron chi connectivity index (χ2n) is 5.51. The SMILES string of the molecule is N#Cc1ccc(NCCC(c2ccccc2)c2ccccc2)nn1. The lowest BCUT2D eigenvalue weighted by molar-refractivity contribution is 0.741. The Morgan fingerprint density at radius 2 is 1.46 bits per heavy atom. The molecular weight excluding hydrogens is 296 g/mol. The van der Waals surface area contributed by atoms with Crippen LogP contribution in [0.1, 0.15) is 29.2 Å². The second kappa shape index (κ2) is 7.89. The molecule has 3 aromatic rings. The van der Waals surface area contributed by atoms with Gasteiger partial charge in [0.05, 0.1) is 0 Å². The number of nitrogens with one attached hydrogen (secondary N) is 1. The minimum absolute atomic E-state index is 0.325. The molecule has 0 radical (unpaired) electrons. The van der Waals surface area contributed by atoms with Gasteiger partial charge in [-0.05, 0) is 29.7 Å². The Kier molecular flexibility index (Phi) is 5.16. The molecule has 0 aliphatic heterocycles. The van der Waals surface area contributed by atoms with E-state index in [2.05, 4.69) is 64.0 Å². The molecule has 0 atom stereocenters. The zero-order valence-electron chi connectivity index (χ0n) is 13.3. The fourth-order valence-corrected chi connectivity index (χ4v) is 2.73. The van der Waals surface area contributed by atoms with Gasteiger partial charge >= 0.3 is 0 Å². The van der Waals surface area contributed by atoms with Crippen LogP contribution in [0, 0.1) is 11.3 Å². The third-order valence-corrected chi connectivity index (χ3v) is 3.92. The molecule has 0 unspecified atom stereocenters. The highest BCUT2D eigenvalue weighted by molar-refractivity contribution is 5.36. The molecule has 0 bridgehead atoms. The van der Waals surface area contributed by atoms with Crippen molar-refractivity contribution in [1.29, 1.82) is 5.26 Å². The summed E-state index contributed by atoms with van der Waals surface area (Å²) in [5.74, 6) is 1.01. The van der Waals surface area contributed by atoms with Crippen LogP contribution in [0.2, 0.25) is 0 Å². The molecule has 1 N–H and O–H groups in total. The van der Waals surface area contributed by atoms with Crippen LogP contribution in [-0.4, -0.2) is 16.7 Å². The zero-order valence-corrected chi connectivity index (χ0v) is 13.3. The number of hydrogen-bond acceptors (Lipinski definition) is 4. The Balaban J connectivity index is 1.69. The molecule has 0 amide bonds. The van der Waals surface area contributed by atoms with Crippen molar-refractivity contribution in [2.75, 3.05) is 11.9 Å². The highest BCUT2D eigenvalue weighted by Gasteiger charge is 2.13. The standard InChI is InChI=1S/C20H18N4/c21-15-18-11-12-20(24-23-18)22-14-13-19(16-7-3-1-4-8-16)17-9-5-2-6-10-17/h1-12,19H,13-14H2,(H,22,24). The van der Waals surface area contributed by atoms with Gasteiger partial charge in [0, 0.05) is 12.5 Å². The van der Waals surface area contributed by atoms with Crippen molar-refractivity contribution >= 4 is 5.82 Å². The molecule has 3 rings (SSSR count). The highest BCUT2D eigenvalue weighted by Crippen LogP contribution is 2.27. The van der Waals surface area contributed by atoms with E-state index in [1.807, 2.05) is 18.2 Å². The molecule has 24 heavy (non-hydrogen) atoms. The summed E-state index contributed by atoms with van der Waals surface area (Å²) in [4.78, 5) is 0. The van der Waals surface area contributed by atoms with Gasteiger partial charge in [-0.3, -0.25) is 0 Å². The van der Waals surface area contributed by atoms with Gasteiger partial charge in [0.15, 0.2) is 5.69 Å². The number of benzene rings is 2. The van der Waals surface area contributed by atoms with Crippen LogP contribution in [0.15, 0.2) is 72.8 Å². The third kappa shape index (κ3) is 3.96. The Bertz CT molecular complexity index is 753. The maximum absolute atomic E-state index is 8.76. The normalized spacial score (nSPS) is 10.3. The van der Waals surface area contributed by atoms with Crippen molar-refractivity contribution in [3.8, 4) is 6.07 Å². The lowest BCUT2D eigenvalue weighted by Gasteiger charge is -2.18. The minimum atomic E-state index is 0.325. The molecule has 4 nitrogen and oxygen atoms in total. The van der Waals surface area contributed by atoms with Crippen molar-refractivity contribution in [2.45, 2.75) is 12.3 Å². The maximum atomic E-state index is 8.76. The lowest BCUT2D eigenvalue weighted by atomic mass is 9.88. The van der Waals surface area contributed by atoms with Crippen molar-refractivity contribution < 1.29 is 0 Å². The average Bonchev–Trinajstić information content (AvgIpc) is 2.67. The van der Waals surface area contributed by atoms with Crippen LogP contribution >= 0.6 is 0 Å². The van der Waals surface area contributed by atoms with E-state index in [9.17, 15) is 0 Å². The summed E-state index contributed by atoms with van der Waals surface area (Å²) < 4.78 is 0. The summed E-state index contributed by atoms with van der Waals surface area (Å²) >= 11 is 0. The molecule has 118 valence electrons. The predicted octanol–water partition coefficient (Wildman–Crippen LogP) is 3.98. The van der Waals surface area contributed by atoms with E-state index in [0.29, 0.717) is 17.4 Å². The first kappa shape index (κ1) is 15.7. The summed E-state index contributed by atoms with van der Waals surface area (Å²) in [7, 11) is 0. The lowest BCUT2D eigenvalue weighted by Crippen LogP contribution is -2.10. The van der Waals surface area contributed by atoms with Crippen LogP contribution in [0.25, 0.3) is 0 Å². The summed E-state index contributed by atoms with van der Waals surface area (Å²) in [6.45, 7) is 0.773. The number of nitriles is 1. The zero-order chi connectivity index (χ0) is 16.6. The molecule has 0 saturated carbocycles. The number of nitrogens with zero attached hydrogens (tertiary/aromatic N) is 3. The number of anilines is 1. The van der Waals surface area contributed by atoms with Crippen LogP contribution in [0.3, 0.4) is 0 Å². The van der Waals surface area contributed by atoms with Crippen LogP contribution < -0.4 is 5.32 Å². The Morgan fingerprint density at radius 1 is 0.833 bits per heavy atom. The quantitative estimate of drug-likeness (QED) is 0.747. The van der Waals surface area contributed by atoms with Crippen LogP contribution in [0.4, 0.5) is 5.82 Å². The third-order valence-electron chi connectivity index (χ3n) is 3.92. The smallest absolute Gasteiger partial charge is 0.163 e. The predicted molar refractivity (Wildman–Crippen MR) is 94.6 cm³/mol. The number of rotatable bonds is 6. The highest BCUT2D eigenvalue weighted by atomic mass is 15.2. The van der Waals surface area contributed by atoms with Crippen LogP contribution in [0.5, 0.6) is 0 Å². The monoisotopic (exact) mass is 314 g/mol. The molecule has 0 fully saturated rings. The van der Waals surface area contributed by atoms with Gasteiger partial charge in [0.25, 0.3) is 0 Å². The number of aromatic nitrogens is 2. The second-order valence-corrected chi connectivity index (χ2v) is 5.51. The maximum Gasteiger partial charge on any atom is 0.163 e. The summed E-state index contributed by atoms with van der Waals surface area (Å²) in [6, 6.07) is 26.5. The Labute approximate surface area is 141 Å². The van der Waals surface area contributed by atoms with Gasteiger partial charge in [-0.2, -0.15) is 5.26 Å². The molecule has 2 aromatic carbocycles. The van der Waals surface area contributed by atoms with E-state index in [0.717, 1.165) is 13.0 Å². The minimum Gasteiger partial charge on any atom is -0.369 e. The fraction of sp³-hybridized carbons (Fsp3) is 0.150. The first-order chi connectivity index (χ1) is 11.9. The topological polar surface area (TPSA) is 61.6 Å². The summed E-state index contributed by atoms with van der Waals surface area (Å²) in [6.07, 6.45) is 0.940. The van der Waals surface area contributed by atoms with E-state index in [1.54, 1.807) is 12.1 Å². The van der Waals surface area contributed by atoms with Crippen molar-refractivity contribution in [3.05, 3.63) is 89.6 Å². The molecule has 0 aliphatic rings. The molecule has 1 heterocycles. The van der Waals surface area contributed by atoms with Gasteiger partial charge in [-0.1, -0.05) is 60.7 Å². The Hall–Kier alpha value is -3.19. The molecule has 0 saturated heterocycles. The molecule has 0 spiro atoms. The van der Waals surface area contributed by atoms with E-state index < -0.39 is 0 Å². The van der Waals surface area contributed by atoms with Crippen LogP contribution in [-0.2, 0) is 0 Å². The Morgan fingerprint density at radius 3 is 1.96 bits per heavy atom. The first-order valence-electron chi connectivity index (χ1n) is 7.94. The summed E-state index contributed by atoms with van der Waals surface area (Å²) in [5.41, 5.74) is 2.93. The fourth-order valence-electron chi connectivity index (χ4n) is 2.73. The molecular formula is C20H18N4. The first-order valence-corrected chi connectivity index (χ1v) is 7.94. The average molecular weight is 314 g/mol. The van der Waals surface area contributed by atoms with Crippen molar-refractivity contribution in [2.24, 2.45) is 0 Å². The van der Waals surface area contributed by atoms with Gasteiger partial charge in [-0.25, -0.2) is 0 Å². The molecule has 0 aliphatic carbocycles. The van der Waals surface area contributed by atoms with E-state index >= 15 is 0 Å². The molecule has 1 aromatic heterocycles. The van der Waals surface area contributed by atoms with E-state index in [1.165, 1.54) is 11.1 Å². The van der Waals surface area contributed by atoms with Gasteiger partial charge in [-0.15, -0.1) is 10.2 Å². The number of hydrogen-bond donors (Lipinski definition) is 1. The van der Waals surface area contributed by atoms with Crippen molar-refractivity contribution in [1.82, 2.24) is 10.2 Å². The van der Waals surface area contributed by atoms with Gasteiger partial charge < -0.3 is 5.32 Å². The largest absolute Gasteiger partial charge is 0.369 e.